The Labute approximate surface area is 186 Å². The Kier molecular flexibility index (Phi) is 5.57. The first-order chi connectivity index (χ1) is 15.5. The number of imidazole rings is 1. The third-order valence-corrected chi connectivity index (χ3v) is 6.48. The van der Waals surface area contributed by atoms with Gasteiger partial charge in [-0.15, -0.1) is 0 Å². The summed E-state index contributed by atoms with van der Waals surface area (Å²) >= 11 is 0. The molecule has 0 saturated carbocycles. The summed E-state index contributed by atoms with van der Waals surface area (Å²) in [4.78, 5) is 8.30. The van der Waals surface area contributed by atoms with Crippen molar-refractivity contribution < 1.29 is 30.3 Å². The molecule has 0 N–H and O–H groups in total. The zero-order valence-corrected chi connectivity index (χ0v) is 18.5. The lowest BCUT2D eigenvalue weighted by molar-refractivity contribution is -0.536. The third-order valence-electron chi connectivity index (χ3n) is 4.75. The van der Waals surface area contributed by atoms with Gasteiger partial charge in [0.1, 0.15) is 12.3 Å². The van der Waals surface area contributed by atoms with E-state index in [-0.39, 0.29) is 27.8 Å². The number of hydrogen-bond donors (Lipinski definition) is 0. The standard InChI is InChI=1S/C19H19F3N7O3S/c1-26(2)33(30,31)29-16(15-12-27-10-4-9-23-18(27)24-15)28(25-17(29)19(20,21)22)11-13-5-7-14(32-3)8-6-13/h4-10,12H,11H2,1-3H3/q+1. The number of benzene rings is 1. The molecule has 33 heavy (non-hydrogen) atoms. The number of fused-ring (bicyclic) bond motifs is 1. The summed E-state index contributed by atoms with van der Waals surface area (Å²) < 4.78 is 76.3. The zero-order valence-electron chi connectivity index (χ0n) is 17.7. The monoisotopic (exact) mass is 482 g/mol. The second-order valence-electron chi connectivity index (χ2n) is 7.16. The van der Waals surface area contributed by atoms with Gasteiger partial charge in [0, 0.05) is 32.7 Å². The number of ether oxygens (including phenoxy) is 1. The van der Waals surface area contributed by atoms with Gasteiger partial charge < -0.3 is 4.74 Å². The minimum Gasteiger partial charge on any atom is -0.497 e. The summed E-state index contributed by atoms with van der Waals surface area (Å²) in [6, 6.07) is 8.19. The Hall–Kier alpha value is -3.52. The van der Waals surface area contributed by atoms with Crippen LogP contribution in [0.4, 0.5) is 13.2 Å². The van der Waals surface area contributed by atoms with Crippen LogP contribution in [0.5, 0.6) is 5.75 Å². The van der Waals surface area contributed by atoms with Crippen molar-refractivity contribution in [3.63, 3.8) is 0 Å². The zero-order chi connectivity index (χ0) is 24.0. The molecule has 0 spiro atoms. The van der Waals surface area contributed by atoms with Crippen LogP contribution < -0.4 is 8.71 Å². The van der Waals surface area contributed by atoms with Gasteiger partial charge >= 0.3 is 28.0 Å². The van der Waals surface area contributed by atoms with E-state index < -0.39 is 22.2 Å². The van der Waals surface area contributed by atoms with E-state index in [1.807, 2.05) is 0 Å². The third kappa shape index (κ3) is 4.14. The molecule has 174 valence electrons. The number of alkyl halides is 3. The van der Waals surface area contributed by atoms with Gasteiger partial charge in [0.05, 0.1) is 12.2 Å². The second-order valence-corrected chi connectivity index (χ2v) is 9.15. The molecule has 0 aliphatic heterocycles. The van der Waals surface area contributed by atoms with Crippen molar-refractivity contribution in [2.45, 2.75) is 12.7 Å². The average Bonchev–Trinajstić information content (AvgIpc) is 3.35. The normalized spacial score (nSPS) is 12.6. The minimum atomic E-state index is -5.06. The minimum absolute atomic E-state index is 0.0457. The van der Waals surface area contributed by atoms with Gasteiger partial charge in [0.25, 0.3) is 0 Å². The number of rotatable bonds is 6. The molecule has 3 aromatic heterocycles. The van der Waals surface area contributed by atoms with Crippen LogP contribution >= 0.6 is 0 Å². The molecule has 0 fully saturated rings. The molecule has 4 aromatic rings. The summed E-state index contributed by atoms with van der Waals surface area (Å²) in [6.07, 6.45) is -0.600. The van der Waals surface area contributed by atoms with Crippen LogP contribution in [-0.4, -0.2) is 58.1 Å². The molecule has 1 aromatic carbocycles. The molecule has 0 atom stereocenters. The highest BCUT2D eigenvalue weighted by Crippen LogP contribution is 2.29. The Morgan fingerprint density at radius 3 is 2.45 bits per heavy atom. The molecule has 10 nitrogen and oxygen atoms in total. The molecule has 3 heterocycles. The summed E-state index contributed by atoms with van der Waals surface area (Å²) in [7, 11) is -0.869. The van der Waals surface area contributed by atoms with Crippen LogP contribution in [0, 0.1) is 0 Å². The van der Waals surface area contributed by atoms with Crippen molar-refractivity contribution >= 4 is 16.0 Å². The lowest BCUT2D eigenvalue weighted by atomic mass is 10.2. The SMILES string of the molecule is COc1ccc(Cn2nc(C(F)(F)F)[n+](S(=O)(=O)N(C)C)c2-c2cn3cccnc3n2)cc1. The molecule has 0 bridgehead atoms. The highest BCUT2D eigenvalue weighted by Gasteiger charge is 2.51. The fraction of sp³-hybridized carbons (Fsp3) is 0.263. The quantitative estimate of drug-likeness (QED) is 0.388. The Morgan fingerprint density at radius 1 is 1.18 bits per heavy atom. The van der Waals surface area contributed by atoms with E-state index in [4.69, 9.17) is 4.74 Å². The first kappa shape index (κ1) is 22.7. The summed E-state index contributed by atoms with van der Waals surface area (Å²) in [5, 5.41) is 3.66. The molecule has 0 amide bonds. The second kappa shape index (κ2) is 8.12. The van der Waals surface area contributed by atoms with Gasteiger partial charge in [-0.1, -0.05) is 20.8 Å². The molecule has 0 saturated heterocycles. The summed E-state index contributed by atoms with van der Waals surface area (Å²) in [5.74, 6) is -1.21. The first-order valence-electron chi connectivity index (χ1n) is 9.48. The van der Waals surface area contributed by atoms with Crippen molar-refractivity contribution in [3.8, 4) is 17.3 Å². The predicted molar refractivity (Wildman–Crippen MR) is 110 cm³/mol. The van der Waals surface area contributed by atoms with Gasteiger partial charge in [0.2, 0.25) is 5.78 Å². The van der Waals surface area contributed by atoms with E-state index in [0.717, 1.165) is 18.8 Å². The lowest BCUT2D eigenvalue weighted by Crippen LogP contribution is -2.54. The highest BCUT2D eigenvalue weighted by molar-refractivity contribution is 7.82. The van der Waals surface area contributed by atoms with Crippen molar-refractivity contribution in [1.29, 1.82) is 0 Å². The van der Waals surface area contributed by atoms with Crippen molar-refractivity contribution in [2.75, 3.05) is 21.2 Å². The van der Waals surface area contributed by atoms with Crippen molar-refractivity contribution in [1.82, 2.24) is 28.5 Å². The molecule has 0 radical (unpaired) electrons. The first-order valence-corrected chi connectivity index (χ1v) is 10.9. The van der Waals surface area contributed by atoms with E-state index in [1.54, 1.807) is 36.5 Å². The summed E-state index contributed by atoms with van der Waals surface area (Å²) in [5.41, 5.74) is 0.528. The number of nitrogens with zero attached hydrogens (tertiary/aromatic N) is 7. The smallest absolute Gasteiger partial charge is 0.487 e. The molecular formula is C19H19F3N7O3S+. The van der Waals surface area contributed by atoms with Gasteiger partial charge in [-0.2, -0.15) is 25.9 Å². The van der Waals surface area contributed by atoms with E-state index >= 15 is 0 Å². The Balaban J connectivity index is 2.01. The van der Waals surface area contributed by atoms with Crippen molar-refractivity contribution in [3.05, 3.63) is 60.3 Å². The number of halogens is 3. The maximum atomic E-state index is 14.0. The number of hydrogen-bond acceptors (Lipinski definition) is 6. The predicted octanol–water partition coefficient (Wildman–Crippen LogP) is 1.61. The maximum absolute atomic E-state index is 14.0. The van der Waals surface area contributed by atoms with E-state index in [2.05, 4.69) is 15.1 Å². The fourth-order valence-electron chi connectivity index (χ4n) is 3.15. The average molecular weight is 482 g/mol. The number of methoxy groups -OCH3 is 1. The molecule has 4 rings (SSSR count). The van der Waals surface area contributed by atoms with Crippen LogP contribution in [0.1, 0.15) is 11.4 Å². The van der Waals surface area contributed by atoms with E-state index in [0.29, 0.717) is 15.6 Å². The van der Waals surface area contributed by atoms with Gasteiger partial charge in [0.15, 0.2) is 5.69 Å². The van der Waals surface area contributed by atoms with Crippen LogP contribution in [0.25, 0.3) is 17.3 Å². The van der Waals surface area contributed by atoms with Gasteiger partial charge in [-0.25, -0.2) is 9.97 Å². The molecular weight excluding hydrogens is 463 g/mol. The molecule has 0 aliphatic carbocycles. The fourth-order valence-corrected chi connectivity index (χ4v) is 4.24. The van der Waals surface area contributed by atoms with Crippen LogP contribution in [0.15, 0.2) is 48.9 Å². The van der Waals surface area contributed by atoms with E-state index in [1.165, 1.54) is 23.9 Å². The van der Waals surface area contributed by atoms with E-state index in [9.17, 15) is 21.6 Å². The van der Waals surface area contributed by atoms with Crippen LogP contribution in [0.2, 0.25) is 0 Å². The van der Waals surface area contributed by atoms with Crippen molar-refractivity contribution in [2.24, 2.45) is 0 Å². The summed E-state index contributed by atoms with van der Waals surface area (Å²) in [6.45, 7) is -0.153. The molecule has 0 unspecified atom stereocenters. The lowest BCUT2D eigenvalue weighted by Gasteiger charge is -2.11. The molecule has 0 aliphatic rings. The Bertz CT molecular complexity index is 1380. The van der Waals surface area contributed by atoms with Gasteiger partial charge in [-0.3, -0.25) is 4.40 Å². The van der Waals surface area contributed by atoms with Crippen LogP contribution in [0.3, 0.4) is 0 Å². The highest BCUT2D eigenvalue weighted by atomic mass is 32.2. The van der Waals surface area contributed by atoms with Gasteiger partial charge in [-0.05, 0) is 23.8 Å². The Morgan fingerprint density at radius 2 is 1.88 bits per heavy atom. The topological polar surface area (TPSA) is 98.5 Å². The molecule has 14 heteroatoms. The largest absolute Gasteiger partial charge is 0.497 e. The maximum Gasteiger partial charge on any atom is 0.487 e. The van der Waals surface area contributed by atoms with Crippen LogP contribution in [-0.2, 0) is 22.9 Å². The number of aromatic nitrogens is 6.